The molecular formula is C18H27N5S2. The molecule has 2 heterocycles. The van der Waals surface area contributed by atoms with Gasteiger partial charge in [0.1, 0.15) is 5.01 Å². The van der Waals surface area contributed by atoms with Crippen molar-refractivity contribution in [2.24, 2.45) is 4.99 Å². The zero-order valence-electron chi connectivity index (χ0n) is 15.3. The van der Waals surface area contributed by atoms with Crippen molar-refractivity contribution in [2.75, 3.05) is 13.6 Å². The molecule has 0 aliphatic heterocycles. The van der Waals surface area contributed by atoms with Gasteiger partial charge in [0.05, 0.1) is 22.9 Å². The number of rotatable bonds is 6. The highest BCUT2D eigenvalue weighted by Gasteiger charge is 2.14. The molecule has 2 aromatic rings. The van der Waals surface area contributed by atoms with E-state index in [4.69, 9.17) is 4.98 Å². The molecule has 0 aromatic carbocycles. The van der Waals surface area contributed by atoms with Crippen molar-refractivity contribution in [1.82, 2.24) is 20.6 Å². The lowest BCUT2D eigenvalue weighted by Crippen LogP contribution is -2.37. The summed E-state index contributed by atoms with van der Waals surface area (Å²) in [5.41, 5.74) is 2.49. The summed E-state index contributed by atoms with van der Waals surface area (Å²) < 4.78 is 0. The smallest absolute Gasteiger partial charge is 0.191 e. The fraction of sp³-hybridized carbons (Fsp3) is 0.611. The van der Waals surface area contributed by atoms with Crippen LogP contribution in [0.1, 0.15) is 50.4 Å². The van der Waals surface area contributed by atoms with Crippen molar-refractivity contribution in [3.8, 4) is 0 Å². The van der Waals surface area contributed by atoms with E-state index in [1.54, 1.807) is 11.3 Å². The van der Waals surface area contributed by atoms with Gasteiger partial charge < -0.3 is 10.6 Å². The Balaban J connectivity index is 1.39. The van der Waals surface area contributed by atoms with Crippen molar-refractivity contribution in [1.29, 1.82) is 0 Å². The molecule has 0 saturated heterocycles. The van der Waals surface area contributed by atoms with Gasteiger partial charge in [-0.05, 0) is 46.0 Å². The molecule has 0 fully saturated rings. The zero-order chi connectivity index (χ0) is 17.6. The number of guanidine groups is 1. The first-order valence-corrected chi connectivity index (χ1v) is 10.6. The number of thiazole rings is 2. The first-order chi connectivity index (χ1) is 12.2. The average Bonchev–Trinajstić information content (AvgIpc) is 3.17. The van der Waals surface area contributed by atoms with Gasteiger partial charge in [-0.1, -0.05) is 0 Å². The number of aliphatic imine (C=N–C) groups is 1. The van der Waals surface area contributed by atoms with Crippen LogP contribution in [0.3, 0.4) is 0 Å². The van der Waals surface area contributed by atoms with Gasteiger partial charge in [0, 0.05) is 29.8 Å². The number of hydrogen-bond donors (Lipinski definition) is 2. The summed E-state index contributed by atoms with van der Waals surface area (Å²) in [6, 6.07) is 0. The molecule has 0 amide bonds. The fourth-order valence-corrected chi connectivity index (χ4v) is 5.03. The molecule has 0 radical (unpaired) electrons. The summed E-state index contributed by atoms with van der Waals surface area (Å²) in [7, 11) is 1.81. The van der Waals surface area contributed by atoms with Crippen molar-refractivity contribution in [3.63, 3.8) is 0 Å². The van der Waals surface area contributed by atoms with E-state index in [1.165, 1.54) is 46.1 Å². The Bertz CT molecular complexity index is 689. The second-order valence-corrected chi connectivity index (χ2v) is 8.85. The predicted molar refractivity (Wildman–Crippen MR) is 107 cm³/mol. The van der Waals surface area contributed by atoms with E-state index in [0.717, 1.165) is 42.6 Å². The van der Waals surface area contributed by atoms with Crippen molar-refractivity contribution in [2.45, 2.75) is 58.9 Å². The highest BCUT2D eigenvalue weighted by molar-refractivity contribution is 7.12. The van der Waals surface area contributed by atoms with Crippen LogP contribution in [0, 0.1) is 13.8 Å². The van der Waals surface area contributed by atoms with Gasteiger partial charge in [-0.25, -0.2) is 9.97 Å². The second kappa shape index (κ2) is 8.76. The van der Waals surface area contributed by atoms with Crippen LogP contribution >= 0.6 is 22.7 Å². The Hall–Kier alpha value is -1.47. The Labute approximate surface area is 158 Å². The van der Waals surface area contributed by atoms with Crippen LogP contribution in [-0.2, 0) is 25.8 Å². The van der Waals surface area contributed by atoms with Gasteiger partial charge in [-0.3, -0.25) is 4.99 Å². The molecular weight excluding hydrogens is 350 g/mol. The molecule has 2 aromatic heterocycles. The van der Waals surface area contributed by atoms with E-state index >= 15 is 0 Å². The minimum Gasteiger partial charge on any atom is -0.356 e. The van der Waals surface area contributed by atoms with Crippen molar-refractivity contribution < 1.29 is 0 Å². The summed E-state index contributed by atoms with van der Waals surface area (Å²) in [6.07, 6.45) is 7.16. The highest BCUT2D eigenvalue weighted by Crippen LogP contribution is 2.27. The maximum Gasteiger partial charge on any atom is 0.191 e. The molecule has 1 aliphatic carbocycles. The van der Waals surface area contributed by atoms with Crippen LogP contribution in [0.4, 0.5) is 0 Å². The molecule has 25 heavy (non-hydrogen) atoms. The average molecular weight is 378 g/mol. The minimum atomic E-state index is 0.720. The normalized spacial score (nSPS) is 14.4. The first kappa shape index (κ1) is 18.3. The highest BCUT2D eigenvalue weighted by atomic mass is 32.1. The van der Waals surface area contributed by atoms with Gasteiger partial charge in [-0.15, -0.1) is 22.7 Å². The largest absolute Gasteiger partial charge is 0.356 e. The summed E-state index contributed by atoms with van der Waals surface area (Å²) in [5.74, 6) is 0.837. The molecule has 136 valence electrons. The summed E-state index contributed by atoms with van der Waals surface area (Å²) in [6.45, 7) is 5.79. The lowest BCUT2D eigenvalue weighted by molar-refractivity contribution is 0.678. The third-order valence-electron chi connectivity index (χ3n) is 4.45. The van der Waals surface area contributed by atoms with Crippen LogP contribution < -0.4 is 10.6 Å². The maximum atomic E-state index is 4.81. The molecule has 0 atom stereocenters. The summed E-state index contributed by atoms with van der Waals surface area (Å²) in [5, 5.41) is 9.12. The molecule has 5 nitrogen and oxygen atoms in total. The lowest BCUT2D eigenvalue weighted by atomic mass is 10.0. The second-order valence-electron chi connectivity index (χ2n) is 6.39. The fourth-order valence-electron chi connectivity index (χ4n) is 2.95. The van der Waals surface area contributed by atoms with Crippen LogP contribution in [0.15, 0.2) is 4.99 Å². The Morgan fingerprint density at radius 2 is 1.92 bits per heavy atom. The molecule has 7 heteroatoms. The molecule has 1 aliphatic rings. The van der Waals surface area contributed by atoms with E-state index in [2.05, 4.69) is 34.5 Å². The number of fused-ring (bicyclic) bond motifs is 1. The lowest BCUT2D eigenvalue weighted by Gasteiger charge is -2.10. The third kappa shape index (κ3) is 5.01. The van der Waals surface area contributed by atoms with Crippen LogP contribution in [-0.4, -0.2) is 29.5 Å². The number of nitrogens with one attached hydrogen (secondary N) is 2. The monoisotopic (exact) mass is 377 g/mol. The van der Waals surface area contributed by atoms with Gasteiger partial charge in [-0.2, -0.15) is 0 Å². The number of nitrogens with zero attached hydrogens (tertiary/aromatic N) is 3. The van der Waals surface area contributed by atoms with E-state index in [-0.39, 0.29) is 0 Å². The van der Waals surface area contributed by atoms with Gasteiger partial charge in [0.25, 0.3) is 0 Å². The minimum absolute atomic E-state index is 0.720. The van der Waals surface area contributed by atoms with E-state index < -0.39 is 0 Å². The number of hydrogen-bond acceptors (Lipinski definition) is 5. The van der Waals surface area contributed by atoms with Crippen molar-refractivity contribution >= 4 is 28.6 Å². The third-order valence-corrected chi connectivity index (χ3v) is 6.74. The van der Waals surface area contributed by atoms with E-state index in [0.29, 0.717) is 0 Å². The van der Waals surface area contributed by atoms with Crippen molar-refractivity contribution in [3.05, 3.63) is 31.2 Å². The topological polar surface area (TPSA) is 62.2 Å². The van der Waals surface area contributed by atoms with Crippen LogP contribution in [0.25, 0.3) is 0 Å². The summed E-state index contributed by atoms with van der Waals surface area (Å²) >= 11 is 3.66. The van der Waals surface area contributed by atoms with Crippen LogP contribution in [0.2, 0.25) is 0 Å². The van der Waals surface area contributed by atoms with E-state index in [9.17, 15) is 0 Å². The maximum absolute atomic E-state index is 4.81. The van der Waals surface area contributed by atoms with Gasteiger partial charge in [0.15, 0.2) is 5.96 Å². The molecule has 0 saturated carbocycles. The molecule has 0 spiro atoms. The van der Waals surface area contributed by atoms with Crippen LogP contribution in [0.5, 0.6) is 0 Å². The van der Waals surface area contributed by atoms with E-state index in [1.807, 2.05) is 18.4 Å². The quantitative estimate of drug-likeness (QED) is 0.460. The summed E-state index contributed by atoms with van der Waals surface area (Å²) in [4.78, 5) is 16.5. The number of aryl methyl sites for hydroxylation is 5. The Morgan fingerprint density at radius 3 is 2.64 bits per heavy atom. The molecule has 0 unspecified atom stereocenters. The number of aromatic nitrogens is 2. The Morgan fingerprint density at radius 1 is 1.08 bits per heavy atom. The van der Waals surface area contributed by atoms with Gasteiger partial charge in [0.2, 0.25) is 0 Å². The standard InChI is InChI=1S/C18H27N5S2/c1-12-13(2)24-17(22-12)11-21-18(19-3)20-10-6-9-16-23-14-7-4-5-8-15(14)25-16/h4-11H2,1-3H3,(H2,19,20,21). The molecule has 2 N–H and O–H groups in total. The predicted octanol–water partition coefficient (Wildman–Crippen LogP) is 3.39. The Kier molecular flexibility index (Phi) is 6.42. The molecule has 3 rings (SSSR count). The first-order valence-electron chi connectivity index (χ1n) is 9.00. The van der Waals surface area contributed by atoms with Gasteiger partial charge >= 0.3 is 0 Å². The SMILES string of the molecule is CN=C(NCCCc1nc2c(s1)CCCC2)NCc1nc(C)c(C)s1. The zero-order valence-corrected chi connectivity index (χ0v) is 16.9. The molecule has 0 bridgehead atoms.